The molecule has 2 N–H and O–H groups in total. The van der Waals surface area contributed by atoms with Crippen molar-refractivity contribution < 1.29 is 19.1 Å². The van der Waals surface area contributed by atoms with Crippen LogP contribution in [0.15, 0.2) is 0 Å². The zero-order valence-electron chi connectivity index (χ0n) is 18.3. The average Bonchev–Trinajstić information content (AvgIpc) is 2.66. The van der Waals surface area contributed by atoms with Crippen molar-refractivity contribution in [2.45, 2.75) is 90.3 Å². The molecule has 0 aromatic carbocycles. The van der Waals surface area contributed by atoms with Gasteiger partial charge in [0.1, 0.15) is 11.2 Å². The summed E-state index contributed by atoms with van der Waals surface area (Å²) in [6.45, 7) is 12.0. The Morgan fingerprint density at radius 3 is 1.36 bits per heavy atom. The van der Waals surface area contributed by atoms with Crippen LogP contribution in [0.25, 0.3) is 0 Å². The molecule has 0 aliphatic carbocycles. The van der Waals surface area contributed by atoms with Crippen molar-refractivity contribution >= 4 is 11.9 Å². The fraction of sp³-hybridized carbons (Fsp3) is 0.909. The Hall–Kier alpha value is -1.14. The van der Waals surface area contributed by atoms with Gasteiger partial charge < -0.3 is 20.1 Å². The van der Waals surface area contributed by atoms with E-state index in [1.54, 1.807) is 0 Å². The van der Waals surface area contributed by atoms with Gasteiger partial charge in [0.25, 0.3) is 0 Å². The molecule has 0 unspecified atom stereocenters. The molecule has 2 heterocycles. The first-order valence-electron chi connectivity index (χ1n) is 11.1. The smallest absolute Gasteiger partial charge is 0.306 e. The van der Waals surface area contributed by atoms with Crippen LogP contribution < -0.4 is 10.6 Å². The Morgan fingerprint density at radius 2 is 1.04 bits per heavy atom. The first-order chi connectivity index (χ1) is 13.2. The van der Waals surface area contributed by atoms with Gasteiger partial charge in [-0.1, -0.05) is 0 Å². The Balaban J connectivity index is 1.63. The SMILES string of the molecule is CC(C)(OC(=O)CCCCC(=O)OC(C)(C)C1CCNCC1)C1CCNCC1. The Kier molecular flexibility index (Phi) is 8.75. The van der Waals surface area contributed by atoms with Gasteiger partial charge in [-0.3, -0.25) is 9.59 Å². The summed E-state index contributed by atoms with van der Waals surface area (Å²) in [6.07, 6.45) is 6.20. The normalized spacial score (nSPS) is 20.0. The second-order valence-corrected chi connectivity index (χ2v) is 9.41. The molecular formula is C22H40N2O4. The van der Waals surface area contributed by atoms with Crippen molar-refractivity contribution in [3.05, 3.63) is 0 Å². The summed E-state index contributed by atoms with van der Waals surface area (Å²) >= 11 is 0. The molecule has 0 atom stereocenters. The first-order valence-corrected chi connectivity index (χ1v) is 11.1. The van der Waals surface area contributed by atoms with Crippen molar-refractivity contribution in [3.8, 4) is 0 Å². The number of nitrogens with one attached hydrogen (secondary N) is 2. The molecule has 0 saturated carbocycles. The summed E-state index contributed by atoms with van der Waals surface area (Å²) in [5.41, 5.74) is -0.839. The summed E-state index contributed by atoms with van der Waals surface area (Å²) in [5.74, 6) is 0.494. The van der Waals surface area contributed by atoms with E-state index in [1.165, 1.54) is 0 Å². The molecule has 0 amide bonds. The third-order valence-electron chi connectivity index (χ3n) is 6.41. The average molecular weight is 397 g/mol. The van der Waals surface area contributed by atoms with E-state index in [1.807, 2.05) is 27.7 Å². The molecule has 2 fully saturated rings. The van der Waals surface area contributed by atoms with E-state index in [0.29, 0.717) is 37.5 Å². The van der Waals surface area contributed by atoms with Gasteiger partial charge in [-0.2, -0.15) is 0 Å². The van der Waals surface area contributed by atoms with Crippen LogP contribution in [0.1, 0.15) is 79.1 Å². The molecule has 2 rings (SSSR count). The van der Waals surface area contributed by atoms with Gasteiger partial charge in [-0.25, -0.2) is 0 Å². The number of unbranched alkanes of at least 4 members (excludes halogenated alkanes) is 1. The van der Waals surface area contributed by atoms with Gasteiger partial charge in [-0.15, -0.1) is 0 Å². The summed E-state index contributed by atoms with van der Waals surface area (Å²) in [6, 6.07) is 0. The quantitative estimate of drug-likeness (QED) is 0.460. The van der Waals surface area contributed by atoms with E-state index >= 15 is 0 Å². The van der Waals surface area contributed by atoms with Gasteiger partial charge in [0.05, 0.1) is 0 Å². The molecule has 2 saturated heterocycles. The van der Waals surface area contributed by atoms with Crippen LogP contribution in [0, 0.1) is 11.8 Å². The van der Waals surface area contributed by atoms with Crippen molar-refractivity contribution in [2.75, 3.05) is 26.2 Å². The van der Waals surface area contributed by atoms with Gasteiger partial charge in [0.15, 0.2) is 0 Å². The highest BCUT2D eigenvalue weighted by molar-refractivity contribution is 5.71. The molecule has 0 aromatic heterocycles. The van der Waals surface area contributed by atoms with Crippen LogP contribution in [0.4, 0.5) is 0 Å². The Labute approximate surface area is 170 Å². The molecule has 0 bridgehead atoms. The Bertz CT molecular complexity index is 461. The third kappa shape index (κ3) is 7.36. The molecule has 28 heavy (non-hydrogen) atoms. The number of ether oxygens (including phenoxy) is 2. The second kappa shape index (κ2) is 10.6. The number of esters is 2. The van der Waals surface area contributed by atoms with Crippen LogP contribution in [0.5, 0.6) is 0 Å². The highest BCUT2D eigenvalue weighted by Gasteiger charge is 2.35. The number of piperidine rings is 2. The first kappa shape index (κ1) is 23.1. The molecule has 0 spiro atoms. The molecule has 2 aliphatic rings. The predicted molar refractivity (Wildman–Crippen MR) is 110 cm³/mol. The van der Waals surface area contributed by atoms with Crippen molar-refractivity contribution in [3.63, 3.8) is 0 Å². The van der Waals surface area contributed by atoms with E-state index in [9.17, 15) is 9.59 Å². The number of rotatable bonds is 9. The number of hydrogen-bond donors (Lipinski definition) is 2. The van der Waals surface area contributed by atoms with E-state index in [2.05, 4.69) is 10.6 Å². The molecule has 6 heteroatoms. The predicted octanol–water partition coefficient (Wildman–Crippen LogP) is 3.19. The third-order valence-corrected chi connectivity index (χ3v) is 6.41. The highest BCUT2D eigenvalue weighted by Crippen LogP contribution is 2.30. The van der Waals surface area contributed by atoms with Crippen LogP contribution in [-0.2, 0) is 19.1 Å². The minimum atomic E-state index is -0.420. The van der Waals surface area contributed by atoms with Crippen LogP contribution in [0.3, 0.4) is 0 Å². The second-order valence-electron chi connectivity index (χ2n) is 9.41. The van der Waals surface area contributed by atoms with Crippen molar-refractivity contribution in [1.82, 2.24) is 10.6 Å². The lowest BCUT2D eigenvalue weighted by atomic mass is 9.83. The van der Waals surface area contributed by atoms with E-state index in [0.717, 1.165) is 51.9 Å². The summed E-state index contributed by atoms with van der Waals surface area (Å²) in [7, 11) is 0. The van der Waals surface area contributed by atoms with Crippen molar-refractivity contribution in [2.24, 2.45) is 11.8 Å². The molecular weight excluding hydrogens is 356 g/mol. The minimum absolute atomic E-state index is 0.160. The maximum atomic E-state index is 12.2. The maximum absolute atomic E-state index is 12.2. The lowest BCUT2D eigenvalue weighted by Gasteiger charge is -2.37. The van der Waals surface area contributed by atoms with E-state index < -0.39 is 11.2 Å². The monoisotopic (exact) mass is 396 g/mol. The van der Waals surface area contributed by atoms with Crippen LogP contribution in [0.2, 0.25) is 0 Å². The summed E-state index contributed by atoms with van der Waals surface area (Å²) in [5, 5.41) is 6.68. The highest BCUT2D eigenvalue weighted by atomic mass is 16.6. The van der Waals surface area contributed by atoms with Gasteiger partial charge in [0, 0.05) is 24.7 Å². The van der Waals surface area contributed by atoms with Crippen LogP contribution >= 0.6 is 0 Å². The molecule has 6 nitrogen and oxygen atoms in total. The maximum Gasteiger partial charge on any atom is 0.306 e. The lowest BCUT2D eigenvalue weighted by molar-refractivity contribution is -0.165. The zero-order valence-corrected chi connectivity index (χ0v) is 18.3. The molecule has 162 valence electrons. The molecule has 0 radical (unpaired) electrons. The van der Waals surface area contributed by atoms with Gasteiger partial charge in [-0.05, 0) is 92.4 Å². The Morgan fingerprint density at radius 1 is 0.714 bits per heavy atom. The lowest BCUT2D eigenvalue weighted by Crippen LogP contribution is -2.42. The zero-order chi connectivity index (χ0) is 20.6. The van der Waals surface area contributed by atoms with Gasteiger partial charge >= 0.3 is 11.9 Å². The topological polar surface area (TPSA) is 76.7 Å². The number of carbonyl (C=O) groups excluding carboxylic acids is 2. The van der Waals surface area contributed by atoms with Crippen molar-refractivity contribution in [1.29, 1.82) is 0 Å². The summed E-state index contributed by atoms with van der Waals surface area (Å²) < 4.78 is 11.5. The van der Waals surface area contributed by atoms with Crippen LogP contribution in [-0.4, -0.2) is 49.3 Å². The largest absolute Gasteiger partial charge is 0.459 e. The summed E-state index contributed by atoms with van der Waals surface area (Å²) in [4.78, 5) is 24.4. The number of hydrogen-bond acceptors (Lipinski definition) is 6. The molecule has 0 aromatic rings. The standard InChI is InChI=1S/C22H40N2O4/c1-21(2,17-9-13-23-14-10-17)27-19(25)7-5-6-8-20(26)28-22(3,4)18-11-15-24-16-12-18/h17-18,23-24H,5-16H2,1-4H3. The fourth-order valence-electron chi connectivity index (χ4n) is 4.43. The van der Waals surface area contributed by atoms with Gasteiger partial charge in [0.2, 0.25) is 0 Å². The number of carbonyl (C=O) groups is 2. The fourth-order valence-corrected chi connectivity index (χ4v) is 4.43. The molecule has 2 aliphatic heterocycles. The van der Waals surface area contributed by atoms with E-state index in [-0.39, 0.29) is 11.9 Å². The minimum Gasteiger partial charge on any atom is -0.459 e. The van der Waals surface area contributed by atoms with E-state index in [4.69, 9.17) is 9.47 Å².